The Kier molecular flexibility index (Phi) is 4.73. The predicted molar refractivity (Wildman–Crippen MR) is 83.4 cm³/mol. The summed E-state index contributed by atoms with van der Waals surface area (Å²) >= 11 is 0. The zero-order chi connectivity index (χ0) is 16.1. The number of methoxy groups -OCH3 is 1. The summed E-state index contributed by atoms with van der Waals surface area (Å²) in [5.74, 6) is 0.498. The summed E-state index contributed by atoms with van der Waals surface area (Å²) in [4.78, 5) is 22.0. The summed E-state index contributed by atoms with van der Waals surface area (Å²) in [5.41, 5.74) is 1.44. The lowest BCUT2D eigenvalue weighted by Gasteiger charge is -2.11. The summed E-state index contributed by atoms with van der Waals surface area (Å²) in [6.45, 7) is 1.76. The van der Waals surface area contributed by atoms with Gasteiger partial charge in [0.2, 0.25) is 0 Å². The third-order valence-corrected chi connectivity index (χ3v) is 3.26. The number of hydrogen-bond acceptors (Lipinski definition) is 5. The SMILES string of the molecule is COc1ccccc1CNc1ccc(C(C)=O)cc1[N+](=O)[O-]. The molecular formula is C16H16N2O4. The molecule has 0 aliphatic rings. The lowest BCUT2D eigenvalue weighted by atomic mass is 10.1. The summed E-state index contributed by atoms with van der Waals surface area (Å²) in [6.07, 6.45) is 0. The van der Waals surface area contributed by atoms with Crippen molar-refractivity contribution < 1.29 is 14.5 Å². The minimum absolute atomic E-state index is 0.123. The molecule has 0 aliphatic carbocycles. The van der Waals surface area contributed by atoms with Crippen LogP contribution in [0, 0.1) is 10.1 Å². The van der Waals surface area contributed by atoms with Crippen LogP contribution >= 0.6 is 0 Å². The molecule has 22 heavy (non-hydrogen) atoms. The van der Waals surface area contributed by atoms with Crippen molar-refractivity contribution >= 4 is 17.2 Å². The lowest BCUT2D eigenvalue weighted by molar-refractivity contribution is -0.384. The van der Waals surface area contributed by atoms with Gasteiger partial charge in [-0.1, -0.05) is 18.2 Å². The van der Waals surface area contributed by atoms with Gasteiger partial charge in [0.15, 0.2) is 5.78 Å². The lowest BCUT2D eigenvalue weighted by Crippen LogP contribution is -2.05. The van der Waals surface area contributed by atoms with Crippen molar-refractivity contribution in [1.29, 1.82) is 0 Å². The molecule has 0 spiro atoms. The maximum Gasteiger partial charge on any atom is 0.293 e. The maximum atomic E-state index is 11.3. The van der Waals surface area contributed by atoms with E-state index in [-0.39, 0.29) is 11.5 Å². The van der Waals surface area contributed by atoms with Gasteiger partial charge in [0.05, 0.1) is 12.0 Å². The Balaban J connectivity index is 2.26. The number of rotatable bonds is 6. The molecule has 0 heterocycles. The average Bonchev–Trinajstić information content (AvgIpc) is 2.52. The van der Waals surface area contributed by atoms with Gasteiger partial charge in [0.25, 0.3) is 5.69 Å². The van der Waals surface area contributed by atoms with Crippen LogP contribution in [0.4, 0.5) is 11.4 Å². The molecular weight excluding hydrogens is 284 g/mol. The standard InChI is InChI=1S/C16H16N2O4/c1-11(19)12-7-8-14(15(9-12)18(20)21)17-10-13-5-3-4-6-16(13)22-2/h3-9,17H,10H2,1-2H3. The molecule has 0 radical (unpaired) electrons. The fourth-order valence-corrected chi connectivity index (χ4v) is 2.09. The second kappa shape index (κ2) is 6.71. The first kappa shape index (κ1) is 15.5. The van der Waals surface area contributed by atoms with Gasteiger partial charge in [-0.2, -0.15) is 0 Å². The Morgan fingerprint density at radius 1 is 1.27 bits per heavy atom. The largest absolute Gasteiger partial charge is 0.496 e. The first-order chi connectivity index (χ1) is 10.5. The van der Waals surface area contributed by atoms with Gasteiger partial charge in [-0.3, -0.25) is 14.9 Å². The van der Waals surface area contributed by atoms with Crippen molar-refractivity contribution in [3.05, 3.63) is 63.7 Å². The number of carbonyl (C=O) groups excluding carboxylic acids is 1. The number of nitrogens with zero attached hydrogens (tertiary/aromatic N) is 1. The number of para-hydroxylation sites is 1. The van der Waals surface area contributed by atoms with E-state index >= 15 is 0 Å². The summed E-state index contributed by atoms with van der Waals surface area (Å²) in [6, 6.07) is 11.8. The molecule has 1 N–H and O–H groups in total. The Hall–Kier alpha value is -2.89. The number of benzene rings is 2. The fraction of sp³-hybridized carbons (Fsp3) is 0.188. The number of hydrogen-bond donors (Lipinski definition) is 1. The second-order valence-electron chi connectivity index (χ2n) is 4.71. The van der Waals surface area contributed by atoms with Crippen LogP contribution in [0.2, 0.25) is 0 Å². The van der Waals surface area contributed by atoms with E-state index in [9.17, 15) is 14.9 Å². The fourth-order valence-electron chi connectivity index (χ4n) is 2.09. The number of nitro benzene ring substituents is 1. The number of nitro groups is 1. The van der Waals surface area contributed by atoms with Crippen LogP contribution in [-0.4, -0.2) is 17.8 Å². The molecule has 0 unspecified atom stereocenters. The van der Waals surface area contributed by atoms with Crippen molar-refractivity contribution in [3.8, 4) is 5.75 Å². The van der Waals surface area contributed by atoms with Crippen molar-refractivity contribution in [3.63, 3.8) is 0 Å². The normalized spacial score (nSPS) is 10.1. The summed E-state index contributed by atoms with van der Waals surface area (Å²) in [7, 11) is 1.57. The van der Waals surface area contributed by atoms with Crippen LogP contribution in [0.25, 0.3) is 0 Å². The highest BCUT2D eigenvalue weighted by atomic mass is 16.6. The second-order valence-corrected chi connectivity index (χ2v) is 4.71. The van der Waals surface area contributed by atoms with Gasteiger partial charge in [-0.25, -0.2) is 0 Å². The Labute approximate surface area is 127 Å². The molecule has 0 fully saturated rings. The predicted octanol–water partition coefficient (Wildman–Crippen LogP) is 3.42. The highest BCUT2D eigenvalue weighted by molar-refractivity contribution is 5.95. The molecule has 2 aromatic carbocycles. The molecule has 0 aromatic heterocycles. The van der Waals surface area contributed by atoms with Gasteiger partial charge in [-0.15, -0.1) is 0 Å². The number of carbonyl (C=O) groups is 1. The van der Waals surface area contributed by atoms with Crippen LogP contribution in [0.1, 0.15) is 22.8 Å². The molecule has 2 rings (SSSR count). The van der Waals surface area contributed by atoms with Gasteiger partial charge >= 0.3 is 0 Å². The number of Topliss-reactive ketones (excluding diaryl/α,β-unsaturated/α-hetero) is 1. The Bertz CT molecular complexity index is 713. The van der Waals surface area contributed by atoms with E-state index in [1.165, 1.54) is 13.0 Å². The molecule has 6 heteroatoms. The third kappa shape index (κ3) is 3.41. The van der Waals surface area contributed by atoms with Crippen LogP contribution in [0.3, 0.4) is 0 Å². The Morgan fingerprint density at radius 2 is 2.00 bits per heavy atom. The van der Waals surface area contributed by atoms with Crippen molar-refractivity contribution in [1.82, 2.24) is 0 Å². The summed E-state index contributed by atoms with van der Waals surface area (Å²) in [5, 5.41) is 14.2. The van der Waals surface area contributed by atoms with E-state index in [2.05, 4.69) is 5.32 Å². The van der Waals surface area contributed by atoms with Gasteiger partial charge < -0.3 is 10.1 Å². The first-order valence-electron chi connectivity index (χ1n) is 6.68. The van der Waals surface area contributed by atoms with Gasteiger partial charge in [0, 0.05) is 23.7 Å². The van der Waals surface area contributed by atoms with E-state index in [1.54, 1.807) is 19.2 Å². The van der Waals surface area contributed by atoms with E-state index < -0.39 is 4.92 Å². The van der Waals surface area contributed by atoms with Crippen molar-refractivity contribution in [2.45, 2.75) is 13.5 Å². The topological polar surface area (TPSA) is 81.5 Å². The first-order valence-corrected chi connectivity index (χ1v) is 6.68. The molecule has 2 aromatic rings. The minimum Gasteiger partial charge on any atom is -0.496 e. The number of ether oxygens (including phenoxy) is 1. The van der Waals surface area contributed by atoms with Crippen LogP contribution in [0.15, 0.2) is 42.5 Å². The van der Waals surface area contributed by atoms with Crippen LogP contribution in [-0.2, 0) is 6.54 Å². The molecule has 0 amide bonds. The maximum absolute atomic E-state index is 11.3. The zero-order valence-electron chi connectivity index (χ0n) is 12.3. The molecule has 0 atom stereocenters. The van der Waals surface area contributed by atoms with Crippen molar-refractivity contribution in [2.24, 2.45) is 0 Å². The Morgan fingerprint density at radius 3 is 2.64 bits per heavy atom. The molecule has 0 saturated heterocycles. The quantitative estimate of drug-likeness (QED) is 0.502. The van der Waals surface area contributed by atoms with Crippen molar-refractivity contribution in [2.75, 3.05) is 12.4 Å². The van der Waals surface area contributed by atoms with Crippen LogP contribution in [0.5, 0.6) is 5.75 Å². The number of anilines is 1. The molecule has 114 valence electrons. The highest BCUT2D eigenvalue weighted by Crippen LogP contribution is 2.27. The third-order valence-electron chi connectivity index (χ3n) is 3.26. The molecule has 0 saturated carbocycles. The minimum atomic E-state index is -0.503. The average molecular weight is 300 g/mol. The van der Waals surface area contributed by atoms with E-state index in [0.717, 1.165) is 5.56 Å². The smallest absolute Gasteiger partial charge is 0.293 e. The van der Waals surface area contributed by atoms with E-state index in [1.807, 2.05) is 24.3 Å². The van der Waals surface area contributed by atoms with Crippen LogP contribution < -0.4 is 10.1 Å². The molecule has 6 nitrogen and oxygen atoms in total. The van der Waals surface area contributed by atoms with E-state index in [0.29, 0.717) is 23.5 Å². The highest BCUT2D eigenvalue weighted by Gasteiger charge is 2.16. The number of nitrogens with one attached hydrogen (secondary N) is 1. The van der Waals surface area contributed by atoms with E-state index in [4.69, 9.17) is 4.74 Å². The zero-order valence-corrected chi connectivity index (χ0v) is 12.3. The molecule has 0 aliphatic heterocycles. The van der Waals surface area contributed by atoms with Gasteiger partial charge in [-0.05, 0) is 25.1 Å². The van der Waals surface area contributed by atoms with Gasteiger partial charge in [0.1, 0.15) is 11.4 Å². The molecule has 0 bridgehead atoms. The monoisotopic (exact) mass is 300 g/mol. The number of ketones is 1. The summed E-state index contributed by atoms with van der Waals surface area (Å²) < 4.78 is 5.24.